The maximum absolute atomic E-state index is 13.0. The molecule has 1 N–H and O–H groups in total. The SMILES string of the molecule is O=C(NCCCn1nc2ccccn2c1=O)c1cc(-c2ccccc2)nc2ccccc12. The summed E-state index contributed by atoms with van der Waals surface area (Å²) in [6.07, 6.45) is 2.28. The van der Waals surface area contributed by atoms with E-state index in [1.54, 1.807) is 18.3 Å². The zero-order valence-electron chi connectivity index (χ0n) is 17.3. The fourth-order valence-corrected chi connectivity index (χ4v) is 3.76. The third-order valence-electron chi connectivity index (χ3n) is 5.35. The molecule has 0 spiro atoms. The first-order valence-corrected chi connectivity index (χ1v) is 10.5. The summed E-state index contributed by atoms with van der Waals surface area (Å²) >= 11 is 0. The number of hydrogen-bond acceptors (Lipinski definition) is 4. The minimum atomic E-state index is -0.181. The molecule has 0 aliphatic carbocycles. The van der Waals surface area contributed by atoms with Gasteiger partial charge in [-0.2, -0.15) is 0 Å². The molecule has 0 radical (unpaired) electrons. The highest BCUT2D eigenvalue weighted by Gasteiger charge is 2.14. The number of amides is 1. The van der Waals surface area contributed by atoms with Crippen molar-refractivity contribution in [3.8, 4) is 11.3 Å². The largest absolute Gasteiger partial charge is 0.352 e. The van der Waals surface area contributed by atoms with Crippen LogP contribution in [0.2, 0.25) is 0 Å². The summed E-state index contributed by atoms with van der Waals surface area (Å²) in [6, 6.07) is 24.7. The number of carbonyl (C=O) groups excluding carboxylic acids is 1. The van der Waals surface area contributed by atoms with Gasteiger partial charge in [0.05, 0.1) is 16.8 Å². The number of nitrogens with zero attached hydrogens (tertiary/aromatic N) is 4. The van der Waals surface area contributed by atoms with Crippen molar-refractivity contribution in [3.63, 3.8) is 0 Å². The Balaban J connectivity index is 1.33. The van der Waals surface area contributed by atoms with Gasteiger partial charge < -0.3 is 5.32 Å². The van der Waals surface area contributed by atoms with Crippen LogP contribution in [-0.2, 0) is 6.54 Å². The standard InChI is InChI=1S/C25H21N5O2/c31-24(26-14-8-16-30-25(32)29-15-7-6-13-23(29)28-30)20-17-22(18-9-2-1-3-10-18)27-21-12-5-4-11-19(20)21/h1-7,9-13,15,17H,8,14,16H2,(H,26,31). The number of aryl methyl sites for hydroxylation is 1. The summed E-state index contributed by atoms with van der Waals surface area (Å²) in [5.74, 6) is -0.164. The van der Waals surface area contributed by atoms with Crippen molar-refractivity contribution in [3.05, 3.63) is 101 Å². The van der Waals surface area contributed by atoms with Crippen LogP contribution in [0.15, 0.2) is 89.9 Å². The van der Waals surface area contributed by atoms with Crippen molar-refractivity contribution < 1.29 is 4.79 Å². The van der Waals surface area contributed by atoms with E-state index in [1.807, 2.05) is 66.7 Å². The topological polar surface area (TPSA) is 81.3 Å². The summed E-state index contributed by atoms with van der Waals surface area (Å²) < 4.78 is 2.93. The zero-order valence-corrected chi connectivity index (χ0v) is 17.3. The van der Waals surface area contributed by atoms with Gasteiger partial charge in [0.1, 0.15) is 0 Å². The highest BCUT2D eigenvalue weighted by Crippen LogP contribution is 2.24. The molecule has 32 heavy (non-hydrogen) atoms. The summed E-state index contributed by atoms with van der Waals surface area (Å²) in [7, 11) is 0. The second-order valence-corrected chi connectivity index (χ2v) is 7.48. The third-order valence-corrected chi connectivity index (χ3v) is 5.35. The Hall–Kier alpha value is -4.26. The number of aromatic nitrogens is 4. The summed E-state index contributed by atoms with van der Waals surface area (Å²) in [4.78, 5) is 30.1. The number of hydrogen-bond donors (Lipinski definition) is 1. The lowest BCUT2D eigenvalue weighted by molar-refractivity contribution is 0.0954. The average Bonchev–Trinajstić information content (AvgIpc) is 3.17. The van der Waals surface area contributed by atoms with Gasteiger partial charge in [-0.25, -0.2) is 14.5 Å². The lowest BCUT2D eigenvalue weighted by atomic mass is 10.0. The Bertz CT molecular complexity index is 1470. The Labute approximate surface area is 184 Å². The van der Waals surface area contributed by atoms with Gasteiger partial charge in [0, 0.05) is 30.2 Å². The number of carbonyl (C=O) groups is 1. The van der Waals surface area contributed by atoms with Gasteiger partial charge in [-0.1, -0.05) is 54.6 Å². The Kier molecular flexibility index (Phi) is 5.21. The Morgan fingerprint density at radius 1 is 0.938 bits per heavy atom. The average molecular weight is 423 g/mol. The molecule has 0 atom stereocenters. The van der Waals surface area contributed by atoms with E-state index in [0.717, 1.165) is 22.2 Å². The minimum absolute atomic E-state index is 0.164. The highest BCUT2D eigenvalue weighted by atomic mass is 16.2. The van der Waals surface area contributed by atoms with Crippen molar-refractivity contribution >= 4 is 22.5 Å². The second-order valence-electron chi connectivity index (χ2n) is 7.48. The van der Waals surface area contributed by atoms with Gasteiger partial charge in [-0.05, 0) is 30.7 Å². The molecule has 7 nitrogen and oxygen atoms in total. The minimum Gasteiger partial charge on any atom is -0.352 e. The zero-order chi connectivity index (χ0) is 21.9. The molecule has 0 aliphatic heterocycles. The molecule has 0 saturated carbocycles. The van der Waals surface area contributed by atoms with E-state index < -0.39 is 0 Å². The normalized spacial score (nSPS) is 11.1. The maximum Gasteiger partial charge on any atom is 0.350 e. The highest BCUT2D eigenvalue weighted by molar-refractivity contribution is 6.07. The summed E-state index contributed by atoms with van der Waals surface area (Å²) in [5, 5.41) is 8.10. The third kappa shape index (κ3) is 3.76. The molecule has 1 amide bonds. The predicted octanol–water partition coefficient (Wildman–Crippen LogP) is 3.53. The molecule has 0 fully saturated rings. The summed E-state index contributed by atoms with van der Waals surface area (Å²) in [6.45, 7) is 0.851. The molecule has 0 bridgehead atoms. The fourth-order valence-electron chi connectivity index (χ4n) is 3.76. The number of para-hydroxylation sites is 1. The van der Waals surface area contributed by atoms with Gasteiger partial charge >= 0.3 is 5.69 Å². The maximum atomic E-state index is 13.0. The fraction of sp³-hybridized carbons (Fsp3) is 0.120. The second kappa shape index (κ2) is 8.47. The first kappa shape index (κ1) is 19.7. The monoisotopic (exact) mass is 423 g/mol. The molecule has 3 aromatic heterocycles. The molecule has 3 heterocycles. The van der Waals surface area contributed by atoms with Crippen molar-refractivity contribution in [1.29, 1.82) is 0 Å². The van der Waals surface area contributed by atoms with E-state index in [0.29, 0.717) is 30.7 Å². The van der Waals surface area contributed by atoms with E-state index in [-0.39, 0.29) is 11.6 Å². The predicted molar refractivity (Wildman–Crippen MR) is 124 cm³/mol. The van der Waals surface area contributed by atoms with Crippen molar-refractivity contribution in [2.45, 2.75) is 13.0 Å². The molecule has 2 aromatic carbocycles. The molecular formula is C25H21N5O2. The quantitative estimate of drug-likeness (QED) is 0.424. The lowest BCUT2D eigenvalue weighted by Gasteiger charge is -2.10. The molecule has 158 valence electrons. The van der Waals surface area contributed by atoms with Crippen molar-refractivity contribution in [1.82, 2.24) is 24.5 Å². The molecule has 0 unspecified atom stereocenters. The van der Waals surface area contributed by atoms with Crippen LogP contribution < -0.4 is 11.0 Å². The van der Waals surface area contributed by atoms with Crippen LogP contribution in [0.1, 0.15) is 16.8 Å². The van der Waals surface area contributed by atoms with Gasteiger partial charge in [0.25, 0.3) is 5.91 Å². The van der Waals surface area contributed by atoms with Crippen molar-refractivity contribution in [2.75, 3.05) is 6.54 Å². The van der Waals surface area contributed by atoms with E-state index in [2.05, 4.69) is 10.4 Å². The van der Waals surface area contributed by atoms with E-state index in [9.17, 15) is 9.59 Å². The smallest absolute Gasteiger partial charge is 0.350 e. The Morgan fingerprint density at radius 3 is 2.56 bits per heavy atom. The van der Waals surface area contributed by atoms with E-state index in [4.69, 9.17) is 4.98 Å². The van der Waals surface area contributed by atoms with Crippen LogP contribution in [0.5, 0.6) is 0 Å². The van der Waals surface area contributed by atoms with Crippen LogP contribution in [0.25, 0.3) is 27.8 Å². The van der Waals surface area contributed by atoms with Crippen molar-refractivity contribution in [2.24, 2.45) is 0 Å². The first-order valence-electron chi connectivity index (χ1n) is 10.5. The Morgan fingerprint density at radius 2 is 1.72 bits per heavy atom. The van der Waals surface area contributed by atoms with Crippen LogP contribution >= 0.6 is 0 Å². The molecule has 0 aliphatic rings. The molecule has 5 aromatic rings. The number of pyridine rings is 2. The van der Waals surface area contributed by atoms with Crippen LogP contribution in [0, 0.1) is 0 Å². The number of fused-ring (bicyclic) bond motifs is 2. The molecule has 0 saturated heterocycles. The van der Waals surface area contributed by atoms with Gasteiger partial charge in [-0.3, -0.25) is 9.20 Å². The molecule has 5 rings (SSSR count). The first-order chi connectivity index (χ1) is 15.7. The van der Waals surface area contributed by atoms with Gasteiger partial charge in [0.15, 0.2) is 5.65 Å². The molecule has 7 heteroatoms. The van der Waals surface area contributed by atoms with Gasteiger partial charge in [-0.15, -0.1) is 5.10 Å². The van der Waals surface area contributed by atoms with E-state index >= 15 is 0 Å². The lowest BCUT2D eigenvalue weighted by Crippen LogP contribution is -2.27. The van der Waals surface area contributed by atoms with Crippen LogP contribution in [0.4, 0.5) is 0 Å². The van der Waals surface area contributed by atoms with Crippen LogP contribution in [0.3, 0.4) is 0 Å². The number of benzene rings is 2. The molecular weight excluding hydrogens is 402 g/mol. The number of rotatable bonds is 6. The summed E-state index contributed by atoms with van der Waals surface area (Å²) in [5.41, 5.74) is 3.50. The van der Waals surface area contributed by atoms with E-state index in [1.165, 1.54) is 9.08 Å². The van der Waals surface area contributed by atoms with Crippen LogP contribution in [-0.4, -0.2) is 31.6 Å². The van der Waals surface area contributed by atoms with Gasteiger partial charge in [0.2, 0.25) is 0 Å². The number of nitrogens with one attached hydrogen (secondary N) is 1.